The van der Waals surface area contributed by atoms with Crippen molar-refractivity contribution >= 4 is 27.7 Å². The first-order valence-corrected chi connectivity index (χ1v) is 11.0. The van der Waals surface area contributed by atoms with Gasteiger partial charge in [-0.15, -0.1) is 0 Å². The molecule has 2 amide bonds. The van der Waals surface area contributed by atoms with Crippen molar-refractivity contribution in [1.29, 1.82) is 0 Å². The Morgan fingerprint density at radius 2 is 1.90 bits per heavy atom. The van der Waals surface area contributed by atoms with E-state index < -0.39 is 6.04 Å². The summed E-state index contributed by atoms with van der Waals surface area (Å²) in [5.74, 6) is -0.153. The maximum absolute atomic E-state index is 13.3. The van der Waals surface area contributed by atoms with Crippen molar-refractivity contribution in [1.82, 2.24) is 10.2 Å². The topological polar surface area (TPSA) is 49.4 Å². The molecule has 0 unspecified atom stereocenters. The lowest BCUT2D eigenvalue weighted by molar-refractivity contribution is -0.140. The second-order valence-electron chi connectivity index (χ2n) is 7.58. The third kappa shape index (κ3) is 7.00. The summed E-state index contributed by atoms with van der Waals surface area (Å²) in [6, 6.07) is 13.5. The molecule has 0 saturated heterocycles. The van der Waals surface area contributed by atoms with Crippen molar-refractivity contribution in [2.45, 2.75) is 59.5 Å². The number of halogens is 1. The fourth-order valence-electron chi connectivity index (χ4n) is 3.21. The molecule has 4 nitrogen and oxygen atoms in total. The van der Waals surface area contributed by atoms with E-state index in [-0.39, 0.29) is 18.2 Å². The second kappa shape index (κ2) is 11.1. The van der Waals surface area contributed by atoms with Gasteiger partial charge in [-0.25, -0.2) is 0 Å². The second-order valence-corrected chi connectivity index (χ2v) is 8.49. The van der Waals surface area contributed by atoms with Gasteiger partial charge in [0.25, 0.3) is 0 Å². The lowest BCUT2D eigenvalue weighted by Gasteiger charge is -2.29. The van der Waals surface area contributed by atoms with Crippen molar-refractivity contribution in [3.8, 4) is 0 Å². The Kier molecular flexibility index (Phi) is 8.90. The van der Waals surface area contributed by atoms with Crippen molar-refractivity contribution in [2.75, 3.05) is 6.54 Å². The third-order valence-corrected chi connectivity index (χ3v) is 5.58. The van der Waals surface area contributed by atoms with Crippen LogP contribution in [0.2, 0.25) is 0 Å². The van der Waals surface area contributed by atoms with Crippen molar-refractivity contribution < 1.29 is 9.59 Å². The molecule has 2 rings (SSSR count). The Labute approximate surface area is 182 Å². The van der Waals surface area contributed by atoms with Gasteiger partial charge in [0.05, 0.1) is 6.42 Å². The van der Waals surface area contributed by atoms with Crippen LogP contribution >= 0.6 is 15.9 Å². The van der Waals surface area contributed by atoms with Crippen LogP contribution in [-0.4, -0.2) is 29.3 Å². The number of aryl methyl sites for hydroxylation is 2. The highest BCUT2D eigenvalue weighted by Gasteiger charge is 2.26. The van der Waals surface area contributed by atoms with E-state index in [2.05, 4.69) is 34.2 Å². The van der Waals surface area contributed by atoms with Crippen LogP contribution in [-0.2, 0) is 22.6 Å². The highest BCUT2D eigenvalue weighted by atomic mass is 79.9. The molecule has 0 aliphatic heterocycles. The van der Waals surface area contributed by atoms with E-state index in [1.807, 2.05) is 50.2 Å². The quantitative estimate of drug-likeness (QED) is 0.540. The van der Waals surface area contributed by atoms with Crippen LogP contribution in [0.4, 0.5) is 0 Å². The summed E-state index contributed by atoms with van der Waals surface area (Å²) < 4.78 is 0.956. The van der Waals surface area contributed by atoms with Crippen LogP contribution in [0.3, 0.4) is 0 Å². The number of carbonyl (C=O) groups is 2. The molecule has 0 heterocycles. The average molecular weight is 459 g/mol. The molecule has 0 aliphatic carbocycles. The zero-order valence-electron chi connectivity index (χ0n) is 17.8. The maximum atomic E-state index is 13.3. The van der Waals surface area contributed by atoms with Gasteiger partial charge in [0.15, 0.2) is 0 Å². The predicted molar refractivity (Wildman–Crippen MR) is 122 cm³/mol. The van der Waals surface area contributed by atoms with E-state index in [1.54, 1.807) is 11.8 Å². The number of carbonyl (C=O) groups excluding carboxylic acids is 2. The van der Waals surface area contributed by atoms with Crippen LogP contribution in [0.1, 0.15) is 48.9 Å². The number of hydrogen-bond donors (Lipinski definition) is 1. The Morgan fingerprint density at radius 3 is 2.59 bits per heavy atom. The van der Waals surface area contributed by atoms with Crippen LogP contribution < -0.4 is 5.32 Å². The molecule has 0 spiro atoms. The highest BCUT2D eigenvalue weighted by molar-refractivity contribution is 9.10. The van der Waals surface area contributed by atoms with Gasteiger partial charge in [0.2, 0.25) is 11.8 Å². The molecule has 0 fully saturated rings. The van der Waals surface area contributed by atoms with Crippen molar-refractivity contribution in [2.24, 2.45) is 0 Å². The van der Waals surface area contributed by atoms with Crippen molar-refractivity contribution in [3.63, 3.8) is 0 Å². The zero-order chi connectivity index (χ0) is 21.4. The normalized spacial score (nSPS) is 11.8. The van der Waals surface area contributed by atoms with E-state index >= 15 is 0 Å². The average Bonchev–Trinajstić information content (AvgIpc) is 2.68. The van der Waals surface area contributed by atoms with Gasteiger partial charge < -0.3 is 10.2 Å². The molecule has 0 radical (unpaired) electrons. The minimum Gasteiger partial charge on any atom is -0.354 e. The summed E-state index contributed by atoms with van der Waals surface area (Å²) >= 11 is 3.49. The van der Waals surface area contributed by atoms with Gasteiger partial charge in [-0.3, -0.25) is 9.59 Å². The largest absolute Gasteiger partial charge is 0.354 e. The number of benzene rings is 2. The molecule has 0 aliphatic rings. The number of hydrogen-bond acceptors (Lipinski definition) is 2. The zero-order valence-corrected chi connectivity index (χ0v) is 19.4. The van der Waals surface area contributed by atoms with E-state index in [9.17, 15) is 9.59 Å². The number of rotatable bonds is 9. The van der Waals surface area contributed by atoms with Crippen molar-refractivity contribution in [3.05, 3.63) is 69.2 Å². The summed E-state index contributed by atoms with van der Waals surface area (Å²) in [6.07, 6.45) is 2.23. The van der Waals surface area contributed by atoms with Crippen LogP contribution in [0, 0.1) is 13.8 Å². The SMILES string of the molecule is CCCCNC(=O)[C@@H](C)N(Cc1cccc(Br)c1)C(=O)Cc1cc(C)ccc1C. The van der Waals surface area contributed by atoms with Gasteiger partial charge >= 0.3 is 0 Å². The molecule has 5 heteroatoms. The molecule has 156 valence electrons. The van der Waals surface area contributed by atoms with Gasteiger partial charge in [-0.1, -0.05) is 65.2 Å². The molecule has 29 heavy (non-hydrogen) atoms. The Bertz CT molecular complexity index is 851. The fourth-order valence-corrected chi connectivity index (χ4v) is 3.65. The van der Waals surface area contributed by atoms with Crippen LogP contribution in [0.15, 0.2) is 46.9 Å². The van der Waals surface area contributed by atoms with E-state index in [1.165, 1.54) is 0 Å². The first-order valence-electron chi connectivity index (χ1n) is 10.2. The minimum atomic E-state index is -0.538. The van der Waals surface area contributed by atoms with Gasteiger partial charge in [-0.2, -0.15) is 0 Å². The predicted octanol–water partition coefficient (Wildman–Crippen LogP) is 4.94. The number of amides is 2. The first kappa shape index (κ1) is 23.1. The number of unbranched alkanes of at least 4 members (excludes halogenated alkanes) is 1. The molecule has 1 atom stereocenters. The standard InChI is InChI=1S/C24H31BrN2O2/c1-5-6-12-26-24(29)19(4)27(16-20-8-7-9-22(25)14-20)23(28)15-21-13-17(2)10-11-18(21)3/h7-11,13-14,19H,5-6,12,15-16H2,1-4H3,(H,26,29)/t19-/m1/s1. The molecular weight excluding hydrogens is 428 g/mol. The molecule has 2 aromatic rings. The molecule has 2 aromatic carbocycles. The van der Waals surface area contributed by atoms with Crippen LogP contribution in [0.5, 0.6) is 0 Å². The molecule has 1 N–H and O–H groups in total. The van der Waals surface area contributed by atoms with Gasteiger partial charge in [0.1, 0.15) is 6.04 Å². The smallest absolute Gasteiger partial charge is 0.242 e. The summed E-state index contributed by atoms with van der Waals surface area (Å²) in [6.45, 7) is 8.96. The van der Waals surface area contributed by atoms with E-state index in [4.69, 9.17) is 0 Å². The lowest BCUT2D eigenvalue weighted by Crippen LogP contribution is -2.48. The summed E-state index contributed by atoms with van der Waals surface area (Å²) in [7, 11) is 0. The van der Waals surface area contributed by atoms with Gasteiger partial charge in [-0.05, 0) is 56.0 Å². The number of nitrogens with zero attached hydrogens (tertiary/aromatic N) is 1. The number of nitrogens with one attached hydrogen (secondary N) is 1. The Balaban J connectivity index is 2.23. The summed E-state index contributed by atoms with van der Waals surface area (Å²) in [5.41, 5.74) is 4.21. The van der Waals surface area contributed by atoms with E-state index in [0.717, 1.165) is 39.6 Å². The molecule has 0 bridgehead atoms. The summed E-state index contributed by atoms with van der Waals surface area (Å²) in [4.78, 5) is 27.6. The lowest BCUT2D eigenvalue weighted by atomic mass is 10.0. The Morgan fingerprint density at radius 1 is 1.14 bits per heavy atom. The molecule has 0 saturated carbocycles. The first-order chi connectivity index (χ1) is 13.8. The fraction of sp³-hybridized carbons (Fsp3) is 0.417. The maximum Gasteiger partial charge on any atom is 0.242 e. The minimum absolute atomic E-state index is 0.0446. The molecular formula is C24H31BrN2O2. The Hall–Kier alpha value is -2.14. The van der Waals surface area contributed by atoms with Crippen LogP contribution in [0.25, 0.3) is 0 Å². The van der Waals surface area contributed by atoms with Gasteiger partial charge in [0, 0.05) is 17.6 Å². The summed E-state index contributed by atoms with van der Waals surface area (Å²) in [5, 5.41) is 2.96. The highest BCUT2D eigenvalue weighted by Crippen LogP contribution is 2.18. The monoisotopic (exact) mass is 458 g/mol. The third-order valence-electron chi connectivity index (χ3n) is 5.09. The van der Waals surface area contributed by atoms with E-state index in [0.29, 0.717) is 13.1 Å². The molecule has 0 aromatic heterocycles.